The maximum absolute atomic E-state index is 12.7. The minimum Gasteiger partial charge on any atom is -0.311 e. The SMILES string of the molecule is CCN(C(=O)CN(C(C)=O)c1cc(Cl)ccc1Cl)c1ccccc1. The van der Waals surface area contributed by atoms with Gasteiger partial charge in [0.15, 0.2) is 0 Å². The van der Waals surface area contributed by atoms with Crippen molar-refractivity contribution in [1.82, 2.24) is 0 Å². The summed E-state index contributed by atoms with van der Waals surface area (Å²) in [5.41, 5.74) is 1.21. The van der Waals surface area contributed by atoms with E-state index in [0.717, 1.165) is 5.69 Å². The topological polar surface area (TPSA) is 40.6 Å². The number of carbonyl (C=O) groups excluding carboxylic acids is 2. The second-order valence-electron chi connectivity index (χ2n) is 5.17. The third-order valence-electron chi connectivity index (χ3n) is 3.56. The number of likely N-dealkylation sites (N-methyl/N-ethyl adjacent to an activating group) is 1. The van der Waals surface area contributed by atoms with Gasteiger partial charge in [-0.15, -0.1) is 0 Å². The van der Waals surface area contributed by atoms with E-state index in [-0.39, 0.29) is 18.4 Å². The zero-order valence-electron chi connectivity index (χ0n) is 13.5. The molecule has 2 aromatic rings. The normalized spacial score (nSPS) is 10.3. The van der Waals surface area contributed by atoms with Crippen LogP contribution in [-0.4, -0.2) is 24.9 Å². The molecule has 2 rings (SSSR count). The van der Waals surface area contributed by atoms with Crippen LogP contribution in [-0.2, 0) is 9.59 Å². The molecule has 0 saturated heterocycles. The molecule has 0 aromatic heterocycles. The Kier molecular flexibility index (Phi) is 6.23. The molecule has 126 valence electrons. The number of rotatable bonds is 5. The van der Waals surface area contributed by atoms with Crippen LogP contribution in [0.2, 0.25) is 10.0 Å². The molecule has 4 nitrogen and oxygen atoms in total. The fraction of sp³-hybridized carbons (Fsp3) is 0.222. The second-order valence-corrected chi connectivity index (χ2v) is 6.02. The average molecular weight is 365 g/mol. The van der Waals surface area contributed by atoms with Gasteiger partial charge in [0, 0.05) is 24.2 Å². The zero-order chi connectivity index (χ0) is 17.7. The van der Waals surface area contributed by atoms with E-state index in [1.807, 2.05) is 37.3 Å². The van der Waals surface area contributed by atoms with E-state index in [2.05, 4.69) is 0 Å². The quantitative estimate of drug-likeness (QED) is 0.788. The van der Waals surface area contributed by atoms with Crippen molar-refractivity contribution in [1.29, 1.82) is 0 Å². The lowest BCUT2D eigenvalue weighted by atomic mass is 10.2. The molecule has 24 heavy (non-hydrogen) atoms. The largest absolute Gasteiger partial charge is 0.311 e. The fourth-order valence-corrected chi connectivity index (χ4v) is 2.78. The van der Waals surface area contributed by atoms with Crippen LogP contribution >= 0.6 is 23.2 Å². The summed E-state index contributed by atoms with van der Waals surface area (Å²) in [4.78, 5) is 27.7. The maximum Gasteiger partial charge on any atom is 0.247 e. The Morgan fingerprint density at radius 3 is 2.25 bits per heavy atom. The molecule has 0 saturated carbocycles. The number of hydrogen-bond acceptors (Lipinski definition) is 2. The van der Waals surface area contributed by atoms with Crippen molar-refractivity contribution in [2.75, 3.05) is 22.9 Å². The number of para-hydroxylation sites is 1. The fourth-order valence-electron chi connectivity index (χ4n) is 2.39. The van der Waals surface area contributed by atoms with E-state index in [9.17, 15) is 9.59 Å². The smallest absolute Gasteiger partial charge is 0.247 e. The number of amides is 2. The van der Waals surface area contributed by atoms with E-state index >= 15 is 0 Å². The first-order valence-corrected chi connectivity index (χ1v) is 8.28. The van der Waals surface area contributed by atoms with Crippen LogP contribution in [0.4, 0.5) is 11.4 Å². The lowest BCUT2D eigenvalue weighted by Crippen LogP contribution is -2.42. The summed E-state index contributed by atoms with van der Waals surface area (Å²) in [6.45, 7) is 3.66. The van der Waals surface area contributed by atoms with Gasteiger partial charge in [-0.2, -0.15) is 0 Å². The highest BCUT2D eigenvalue weighted by molar-refractivity contribution is 6.36. The van der Waals surface area contributed by atoms with Crippen molar-refractivity contribution in [2.45, 2.75) is 13.8 Å². The van der Waals surface area contributed by atoms with Gasteiger partial charge in [0.1, 0.15) is 6.54 Å². The molecule has 6 heteroatoms. The lowest BCUT2D eigenvalue weighted by molar-refractivity contribution is -0.121. The third-order valence-corrected chi connectivity index (χ3v) is 4.11. The summed E-state index contributed by atoms with van der Waals surface area (Å²) in [5.74, 6) is -0.480. The molecule has 0 spiro atoms. The molecule has 0 unspecified atom stereocenters. The molecule has 0 heterocycles. The van der Waals surface area contributed by atoms with Crippen LogP contribution in [0.15, 0.2) is 48.5 Å². The van der Waals surface area contributed by atoms with Gasteiger partial charge in [-0.25, -0.2) is 0 Å². The predicted octanol–water partition coefficient (Wildman–Crippen LogP) is 4.40. The molecule has 0 aliphatic heterocycles. The molecule has 0 aliphatic rings. The Bertz CT molecular complexity index is 735. The molecule has 2 aromatic carbocycles. The van der Waals surface area contributed by atoms with Crippen LogP contribution in [0.25, 0.3) is 0 Å². The summed E-state index contributed by atoms with van der Waals surface area (Å²) in [5, 5.41) is 0.814. The average Bonchev–Trinajstić information content (AvgIpc) is 2.56. The standard InChI is InChI=1S/C18H18Cl2N2O2/c1-3-21(15-7-5-4-6-8-15)18(24)12-22(13(2)23)17-11-14(19)9-10-16(17)20/h4-11H,3,12H2,1-2H3. The first-order valence-electron chi connectivity index (χ1n) is 7.52. The van der Waals surface area contributed by atoms with Gasteiger partial charge in [0.05, 0.1) is 10.7 Å². The summed E-state index contributed by atoms with van der Waals surface area (Å²) in [7, 11) is 0. The van der Waals surface area contributed by atoms with Crippen molar-refractivity contribution >= 4 is 46.4 Å². The number of anilines is 2. The van der Waals surface area contributed by atoms with Gasteiger partial charge in [-0.05, 0) is 37.3 Å². The van der Waals surface area contributed by atoms with Gasteiger partial charge in [0.2, 0.25) is 11.8 Å². The van der Waals surface area contributed by atoms with E-state index in [4.69, 9.17) is 23.2 Å². The number of benzene rings is 2. The Hall–Kier alpha value is -2.04. The van der Waals surface area contributed by atoms with E-state index in [0.29, 0.717) is 22.3 Å². The molecule has 0 radical (unpaired) electrons. The van der Waals surface area contributed by atoms with Crippen LogP contribution in [0.1, 0.15) is 13.8 Å². The monoisotopic (exact) mass is 364 g/mol. The third kappa shape index (κ3) is 4.28. The molecule has 2 amide bonds. The number of halogens is 2. The molecule has 0 fully saturated rings. The van der Waals surface area contributed by atoms with Crippen molar-refractivity contribution in [3.05, 3.63) is 58.6 Å². The molecular formula is C18H18Cl2N2O2. The Balaban J connectivity index is 2.29. The summed E-state index contributed by atoms with van der Waals surface area (Å²) < 4.78 is 0. The highest BCUT2D eigenvalue weighted by atomic mass is 35.5. The van der Waals surface area contributed by atoms with Gasteiger partial charge < -0.3 is 9.80 Å². The second kappa shape index (κ2) is 8.18. The predicted molar refractivity (Wildman–Crippen MR) is 99.0 cm³/mol. The highest BCUT2D eigenvalue weighted by Crippen LogP contribution is 2.29. The van der Waals surface area contributed by atoms with Crippen molar-refractivity contribution in [3.8, 4) is 0 Å². The first-order chi connectivity index (χ1) is 11.4. The minimum absolute atomic E-state index is 0.113. The summed E-state index contributed by atoms with van der Waals surface area (Å²) in [6.07, 6.45) is 0. The van der Waals surface area contributed by atoms with Crippen LogP contribution in [0, 0.1) is 0 Å². The van der Waals surface area contributed by atoms with E-state index in [1.165, 1.54) is 11.8 Å². The molecular weight excluding hydrogens is 347 g/mol. The minimum atomic E-state index is -0.281. The molecule has 0 N–H and O–H groups in total. The van der Waals surface area contributed by atoms with Crippen LogP contribution < -0.4 is 9.80 Å². The number of hydrogen-bond donors (Lipinski definition) is 0. The van der Waals surface area contributed by atoms with E-state index < -0.39 is 0 Å². The molecule has 0 bridgehead atoms. The first kappa shape index (κ1) is 18.3. The molecule has 0 atom stereocenters. The van der Waals surface area contributed by atoms with Gasteiger partial charge >= 0.3 is 0 Å². The summed E-state index contributed by atoms with van der Waals surface area (Å²) in [6, 6.07) is 14.1. The van der Waals surface area contributed by atoms with Gasteiger partial charge in [-0.1, -0.05) is 41.4 Å². The highest BCUT2D eigenvalue weighted by Gasteiger charge is 2.22. The Labute approximate surface area is 151 Å². The Morgan fingerprint density at radius 2 is 1.67 bits per heavy atom. The van der Waals surface area contributed by atoms with Gasteiger partial charge in [0.25, 0.3) is 0 Å². The summed E-state index contributed by atoms with van der Waals surface area (Å²) >= 11 is 12.2. The zero-order valence-corrected chi connectivity index (χ0v) is 15.0. The van der Waals surface area contributed by atoms with Crippen molar-refractivity contribution in [2.24, 2.45) is 0 Å². The van der Waals surface area contributed by atoms with Crippen molar-refractivity contribution < 1.29 is 9.59 Å². The molecule has 0 aliphatic carbocycles. The number of carbonyl (C=O) groups is 2. The Morgan fingerprint density at radius 1 is 1.00 bits per heavy atom. The number of nitrogens with zero attached hydrogens (tertiary/aromatic N) is 2. The van der Waals surface area contributed by atoms with Crippen molar-refractivity contribution in [3.63, 3.8) is 0 Å². The van der Waals surface area contributed by atoms with Crippen LogP contribution in [0.3, 0.4) is 0 Å². The van der Waals surface area contributed by atoms with E-state index in [1.54, 1.807) is 23.1 Å². The maximum atomic E-state index is 12.7. The van der Waals surface area contributed by atoms with Crippen LogP contribution in [0.5, 0.6) is 0 Å². The lowest BCUT2D eigenvalue weighted by Gasteiger charge is -2.27. The van der Waals surface area contributed by atoms with Gasteiger partial charge in [-0.3, -0.25) is 9.59 Å².